The monoisotopic (exact) mass is 400 g/mol. The SMILES string of the molecule is CCc1cc2c(cc1OC)C(C)(C)c1[nH]c3c(c1C2=O)C=CC(Br)N3. The van der Waals surface area contributed by atoms with Crippen LogP contribution in [-0.4, -0.2) is 22.8 Å². The Morgan fingerprint density at radius 1 is 1.32 bits per heavy atom. The number of ketones is 1. The summed E-state index contributed by atoms with van der Waals surface area (Å²) in [5.41, 5.74) is 5.23. The fourth-order valence-electron chi connectivity index (χ4n) is 3.93. The highest BCUT2D eigenvalue weighted by molar-refractivity contribution is 9.09. The van der Waals surface area contributed by atoms with Gasteiger partial charge in [-0.1, -0.05) is 48.9 Å². The van der Waals surface area contributed by atoms with E-state index in [1.54, 1.807) is 7.11 Å². The zero-order chi connectivity index (χ0) is 17.9. The average molecular weight is 401 g/mol. The van der Waals surface area contributed by atoms with Gasteiger partial charge < -0.3 is 15.0 Å². The lowest BCUT2D eigenvalue weighted by Gasteiger charge is -2.33. The Morgan fingerprint density at radius 3 is 2.76 bits per heavy atom. The van der Waals surface area contributed by atoms with E-state index in [2.05, 4.69) is 47.0 Å². The van der Waals surface area contributed by atoms with Gasteiger partial charge in [0, 0.05) is 22.2 Å². The number of H-pyrrole nitrogens is 1. The minimum atomic E-state index is -0.313. The Bertz CT molecular complexity index is 924. The van der Waals surface area contributed by atoms with Crippen LogP contribution in [0.15, 0.2) is 18.2 Å². The van der Waals surface area contributed by atoms with Crippen molar-refractivity contribution in [2.45, 2.75) is 37.6 Å². The third kappa shape index (κ3) is 2.21. The summed E-state index contributed by atoms with van der Waals surface area (Å²) in [5.74, 6) is 1.82. The van der Waals surface area contributed by atoms with Crippen molar-refractivity contribution in [3.05, 3.63) is 51.7 Å². The molecule has 1 unspecified atom stereocenters. The first-order chi connectivity index (χ1) is 11.9. The van der Waals surface area contributed by atoms with E-state index < -0.39 is 0 Å². The van der Waals surface area contributed by atoms with Gasteiger partial charge in [-0.15, -0.1) is 0 Å². The van der Waals surface area contributed by atoms with Crippen molar-refractivity contribution in [1.29, 1.82) is 0 Å². The Labute approximate surface area is 155 Å². The predicted octanol–water partition coefficient (Wildman–Crippen LogP) is 4.62. The van der Waals surface area contributed by atoms with Crippen molar-refractivity contribution < 1.29 is 9.53 Å². The van der Waals surface area contributed by atoms with Crippen LogP contribution >= 0.6 is 15.9 Å². The summed E-state index contributed by atoms with van der Waals surface area (Å²) >= 11 is 3.54. The van der Waals surface area contributed by atoms with E-state index in [0.717, 1.165) is 51.5 Å². The maximum absolute atomic E-state index is 13.3. The van der Waals surface area contributed by atoms with E-state index in [0.29, 0.717) is 0 Å². The van der Waals surface area contributed by atoms with Gasteiger partial charge >= 0.3 is 0 Å². The highest BCUT2D eigenvalue weighted by Gasteiger charge is 2.41. The normalized spacial score (nSPS) is 19.7. The molecule has 0 spiro atoms. The number of hydrogen-bond acceptors (Lipinski definition) is 3. The van der Waals surface area contributed by atoms with Crippen molar-refractivity contribution in [1.82, 2.24) is 4.98 Å². The van der Waals surface area contributed by atoms with Crippen LogP contribution in [0.3, 0.4) is 0 Å². The number of fused-ring (bicyclic) bond motifs is 4. The number of benzene rings is 1. The molecule has 0 bridgehead atoms. The molecule has 0 amide bonds. The van der Waals surface area contributed by atoms with Crippen molar-refractivity contribution in [3.63, 3.8) is 0 Å². The number of aromatic nitrogens is 1. The molecule has 5 heteroatoms. The van der Waals surface area contributed by atoms with Gasteiger partial charge in [0.1, 0.15) is 16.5 Å². The topological polar surface area (TPSA) is 54.1 Å². The average Bonchev–Trinajstić information content (AvgIpc) is 2.98. The molecule has 2 aromatic rings. The second-order valence-corrected chi connectivity index (χ2v) is 8.07. The summed E-state index contributed by atoms with van der Waals surface area (Å²) in [6.45, 7) is 6.38. The third-order valence-electron chi connectivity index (χ3n) is 5.32. The zero-order valence-electron chi connectivity index (χ0n) is 14.8. The van der Waals surface area contributed by atoms with Gasteiger partial charge in [0.05, 0.1) is 12.7 Å². The molecule has 0 radical (unpaired) electrons. The lowest BCUT2D eigenvalue weighted by Crippen LogP contribution is -2.30. The van der Waals surface area contributed by atoms with Crippen LogP contribution in [0.1, 0.15) is 59.1 Å². The maximum atomic E-state index is 13.3. The van der Waals surface area contributed by atoms with Crippen LogP contribution in [0.2, 0.25) is 0 Å². The number of halogens is 1. The van der Waals surface area contributed by atoms with E-state index in [1.807, 2.05) is 24.3 Å². The van der Waals surface area contributed by atoms with E-state index >= 15 is 0 Å². The van der Waals surface area contributed by atoms with E-state index in [1.165, 1.54) is 0 Å². The molecular formula is C20H21BrN2O2. The molecule has 1 aromatic carbocycles. The van der Waals surface area contributed by atoms with Crippen molar-refractivity contribution in [2.75, 3.05) is 12.4 Å². The van der Waals surface area contributed by atoms with E-state index in [-0.39, 0.29) is 16.1 Å². The van der Waals surface area contributed by atoms with Crippen LogP contribution in [0.25, 0.3) is 6.08 Å². The number of aryl methyl sites for hydroxylation is 1. The highest BCUT2D eigenvalue weighted by atomic mass is 79.9. The fraction of sp³-hybridized carbons (Fsp3) is 0.350. The molecule has 2 aliphatic rings. The quantitative estimate of drug-likeness (QED) is 0.571. The van der Waals surface area contributed by atoms with Crippen molar-refractivity contribution in [3.8, 4) is 5.75 Å². The number of alkyl halides is 1. The largest absolute Gasteiger partial charge is 0.496 e. The Hall–Kier alpha value is -2.01. The van der Waals surface area contributed by atoms with E-state index in [4.69, 9.17) is 4.74 Å². The number of rotatable bonds is 2. The summed E-state index contributed by atoms with van der Waals surface area (Å²) in [6, 6.07) is 4.04. The molecule has 4 nitrogen and oxygen atoms in total. The van der Waals surface area contributed by atoms with Gasteiger partial charge in [0.2, 0.25) is 0 Å². The van der Waals surface area contributed by atoms with Gasteiger partial charge in [0.25, 0.3) is 0 Å². The van der Waals surface area contributed by atoms with Crippen molar-refractivity contribution in [2.24, 2.45) is 0 Å². The second-order valence-electron chi connectivity index (χ2n) is 7.09. The first kappa shape index (κ1) is 16.5. The molecule has 2 heterocycles. The number of anilines is 1. The summed E-state index contributed by atoms with van der Waals surface area (Å²) in [4.78, 5) is 16.9. The van der Waals surface area contributed by atoms with Crippen LogP contribution in [0, 0.1) is 0 Å². The molecule has 0 saturated heterocycles. The maximum Gasteiger partial charge on any atom is 0.195 e. The van der Waals surface area contributed by atoms with Crippen molar-refractivity contribution >= 4 is 33.6 Å². The smallest absolute Gasteiger partial charge is 0.195 e. The number of hydrogen-bond donors (Lipinski definition) is 2. The predicted molar refractivity (Wildman–Crippen MR) is 104 cm³/mol. The molecule has 0 fully saturated rings. The molecule has 4 rings (SSSR count). The van der Waals surface area contributed by atoms with Crippen LogP contribution in [0.5, 0.6) is 5.75 Å². The number of carbonyl (C=O) groups is 1. The summed E-state index contributed by atoms with van der Waals surface area (Å²) in [5, 5.41) is 3.34. The van der Waals surface area contributed by atoms with E-state index in [9.17, 15) is 4.79 Å². The number of aromatic amines is 1. The van der Waals surface area contributed by atoms with Gasteiger partial charge in [-0.3, -0.25) is 4.79 Å². The van der Waals surface area contributed by atoms with Gasteiger partial charge in [-0.25, -0.2) is 0 Å². The number of methoxy groups -OCH3 is 1. The van der Waals surface area contributed by atoms with Crippen LogP contribution in [0.4, 0.5) is 5.82 Å². The van der Waals surface area contributed by atoms with Gasteiger partial charge in [-0.05, 0) is 29.7 Å². The second kappa shape index (κ2) is 5.49. The molecule has 1 atom stereocenters. The number of ether oxygens (including phenoxy) is 1. The minimum Gasteiger partial charge on any atom is -0.496 e. The number of nitrogens with one attached hydrogen (secondary N) is 2. The molecule has 2 N–H and O–H groups in total. The first-order valence-electron chi connectivity index (χ1n) is 8.49. The standard InChI is InChI=1S/C20H21BrN2O2/c1-5-10-8-12-13(9-14(10)25-4)20(2,3)18-16(17(12)24)11-6-7-15(21)22-19(11)23-18/h6-9,15,22-23H,5H2,1-4H3. The third-order valence-corrected chi connectivity index (χ3v) is 5.86. The molecule has 130 valence electrons. The van der Waals surface area contributed by atoms with Gasteiger partial charge in [-0.2, -0.15) is 0 Å². The zero-order valence-corrected chi connectivity index (χ0v) is 16.4. The fourth-order valence-corrected chi connectivity index (χ4v) is 4.31. The van der Waals surface area contributed by atoms with Crippen LogP contribution < -0.4 is 10.1 Å². The van der Waals surface area contributed by atoms with Gasteiger partial charge in [0.15, 0.2) is 5.78 Å². The summed E-state index contributed by atoms with van der Waals surface area (Å²) in [7, 11) is 1.68. The minimum absolute atomic E-state index is 0.0625. The number of carbonyl (C=O) groups excluding carboxylic acids is 1. The Morgan fingerprint density at radius 2 is 2.08 bits per heavy atom. The lowest BCUT2D eigenvalue weighted by atomic mass is 9.70. The molecule has 0 saturated carbocycles. The molecule has 1 aliphatic heterocycles. The summed E-state index contributed by atoms with van der Waals surface area (Å²) in [6.07, 6.45) is 4.86. The molecule has 1 aromatic heterocycles. The van der Waals surface area contributed by atoms with Crippen LogP contribution in [-0.2, 0) is 11.8 Å². The first-order valence-corrected chi connectivity index (χ1v) is 9.41. The molecule has 25 heavy (non-hydrogen) atoms. The Kier molecular flexibility index (Phi) is 3.62. The summed E-state index contributed by atoms with van der Waals surface area (Å²) < 4.78 is 5.56. The molecular weight excluding hydrogens is 380 g/mol. The highest BCUT2D eigenvalue weighted by Crippen LogP contribution is 2.46. The lowest BCUT2D eigenvalue weighted by molar-refractivity contribution is 0.103. The Balaban J connectivity index is 1.99. The molecule has 1 aliphatic carbocycles.